The standard InChI is InChI=1S/C12H8Cl3IO2S/c13-8-3-5-9(6-4-8)16(10-2-1-7-19-10)18-12(17)11(14)15/h1-7,11H/q+1. The van der Waals surface area contributed by atoms with Crippen molar-refractivity contribution in [2.45, 2.75) is 4.84 Å². The zero-order valence-corrected chi connectivity index (χ0v) is 14.6. The number of hydrogen-bond donors (Lipinski definition) is 0. The molecule has 7 heteroatoms. The van der Waals surface area contributed by atoms with Crippen LogP contribution in [-0.2, 0) is 7.86 Å². The molecule has 0 fully saturated rings. The summed E-state index contributed by atoms with van der Waals surface area (Å²) in [4.78, 5) is 10.5. The van der Waals surface area contributed by atoms with Crippen molar-refractivity contribution in [2.24, 2.45) is 0 Å². The van der Waals surface area contributed by atoms with Gasteiger partial charge in [0.15, 0.2) is 3.57 Å². The van der Waals surface area contributed by atoms with Gasteiger partial charge in [-0.3, -0.25) is 0 Å². The van der Waals surface area contributed by atoms with Crippen LogP contribution >= 0.6 is 46.1 Å². The third-order valence-corrected chi connectivity index (χ3v) is 9.00. The maximum Gasteiger partial charge on any atom is 0.392 e. The summed E-state index contributed by atoms with van der Waals surface area (Å²) >= 11 is 16.2. The van der Waals surface area contributed by atoms with E-state index in [1.807, 2.05) is 29.6 Å². The van der Waals surface area contributed by atoms with Gasteiger partial charge in [-0.05, 0) is 35.7 Å². The number of benzene rings is 1. The lowest BCUT2D eigenvalue weighted by atomic mass is 10.4. The number of carbonyl (C=O) groups excluding carboxylic acids is 1. The van der Waals surface area contributed by atoms with Crippen LogP contribution in [-0.4, -0.2) is 10.8 Å². The van der Waals surface area contributed by atoms with Gasteiger partial charge in [0, 0.05) is 11.1 Å². The molecule has 0 aliphatic heterocycles. The summed E-state index contributed by atoms with van der Waals surface area (Å²) in [7, 11) is 0. The van der Waals surface area contributed by atoms with Crippen molar-refractivity contribution in [1.29, 1.82) is 0 Å². The van der Waals surface area contributed by atoms with Crippen molar-refractivity contribution in [1.82, 2.24) is 0 Å². The lowest BCUT2D eigenvalue weighted by Crippen LogP contribution is -3.85. The quantitative estimate of drug-likeness (QED) is 0.520. The molecule has 101 valence electrons. The average molecular weight is 450 g/mol. The van der Waals surface area contributed by atoms with Crippen LogP contribution < -0.4 is 20.2 Å². The predicted molar refractivity (Wildman–Crippen MR) is 74.8 cm³/mol. The van der Waals surface area contributed by atoms with Gasteiger partial charge in [0.25, 0.3) is 0 Å². The first-order valence-electron chi connectivity index (χ1n) is 5.07. The maximum atomic E-state index is 11.6. The van der Waals surface area contributed by atoms with Crippen LogP contribution in [0.4, 0.5) is 0 Å². The number of hydrogen-bond acceptors (Lipinski definition) is 3. The SMILES string of the molecule is O=C(O[I+](c1ccc(Cl)cc1)c1cccs1)C(Cl)Cl. The molecule has 1 radical (unpaired) electrons. The fourth-order valence-electron chi connectivity index (χ4n) is 1.20. The van der Waals surface area contributed by atoms with E-state index in [1.54, 1.807) is 23.5 Å². The van der Waals surface area contributed by atoms with Gasteiger partial charge < -0.3 is 0 Å². The summed E-state index contributed by atoms with van der Waals surface area (Å²) in [5, 5.41) is 2.59. The Balaban J connectivity index is 2.29. The maximum absolute atomic E-state index is 11.6. The minimum atomic E-state index is -2.30. The largest absolute Gasteiger partial charge is 0.392 e. The number of thiophene rings is 1. The molecule has 19 heavy (non-hydrogen) atoms. The normalized spacial score (nSPS) is 11.0. The smallest absolute Gasteiger partial charge is 0.244 e. The molecule has 0 unspecified atom stereocenters. The lowest BCUT2D eigenvalue weighted by Gasteiger charge is -2.03. The van der Waals surface area contributed by atoms with Crippen molar-refractivity contribution in [3.8, 4) is 0 Å². The molecule has 0 amide bonds. The van der Waals surface area contributed by atoms with E-state index in [0.717, 1.165) is 6.45 Å². The fourth-order valence-corrected chi connectivity index (χ4v) is 7.50. The third kappa shape index (κ3) is 4.23. The first-order valence-corrected chi connectivity index (χ1v) is 10.2. The van der Waals surface area contributed by atoms with Gasteiger partial charge in [-0.25, -0.2) is 7.86 Å². The number of halogens is 4. The van der Waals surface area contributed by atoms with E-state index in [2.05, 4.69) is 0 Å². The van der Waals surface area contributed by atoms with Crippen molar-refractivity contribution >= 4 is 52.1 Å². The first-order chi connectivity index (χ1) is 9.08. The van der Waals surface area contributed by atoms with E-state index in [9.17, 15) is 4.79 Å². The van der Waals surface area contributed by atoms with Gasteiger partial charge in [-0.1, -0.05) is 46.1 Å². The van der Waals surface area contributed by atoms with Gasteiger partial charge in [-0.15, -0.1) is 0 Å². The number of rotatable bonds is 4. The van der Waals surface area contributed by atoms with Gasteiger partial charge in [0.2, 0.25) is 7.72 Å². The predicted octanol–water partition coefficient (Wildman–Crippen LogP) is 1.33. The van der Waals surface area contributed by atoms with Gasteiger partial charge >= 0.3 is 26.2 Å². The average Bonchev–Trinajstić information content (AvgIpc) is 2.90. The van der Waals surface area contributed by atoms with E-state index in [0.29, 0.717) is 5.02 Å². The van der Waals surface area contributed by atoms with E-state index in [4.69, 9.17) is 37.9 Å². The Morgan fingerprint density at radius 2 is 1.89 bits per heavy atom. The fraction of sp³-hybridized carbons (Fsp3) is 0.0833. The lowest BCUT2D eigenvalue weighted by molar-refractivity contribution is -1.04. The van der Waals surface area contributed by atoms with Gasteiger partial charge in [-0.2, -0.15) is 0 Å². The van der Waals surface area contributed by atoms with Crippen molar-refractivity contribution in [3.63, 3.8) is 0 Å². The molecule has 2 aromatic rings. The van der Waals surface area contributed by atoms with Crippen LogP contribution in [0.15, 0.2) is 41.8 Å². The Morgan fingerprint density at radius 1 is 1.21 bits per heavy atom. The molecular formula is C12H8Cl3IO2S+. The molecule has 0 N–H and O–H groups in total. The monoisotopic (exact) mass is 448 g/mol. The van der Waals surface area contributed by atoms with E-state index < -0.39 is 31.0 Å². The van der Waals surface area contributed by atoms with E-state index in [-0.39, 0.29) is 0 Å². The first kappa shape index (κ1) is 15.4. The van der Waals surface area contributed by atoms with E-state index >= 15 is 0 Å². The van der Waals surface area contributed by atoms with Crippen molar-refractivity contribution < 1.29 is 28.1 Å². The molecule has 1 heterocycles. The highest BCUT2D eigenvalue weighted by Gasteiger charge is 2.36. The topological polar surface area (TPSA) is 26.3 Å². The molecule has 0 saturated carbocycles. The third-order valence-electron chi connectivity index (χ3n) is 1.99. The Kier molecular flexibility index (Phi) is 5.77. The highest BCUT2D eigenvalue weighted by Crippen LogP contribution is 2.05. The molecule has 0 bridgehead atoms. The molecule has 1 aromatic heterocycles. The summed E-state index contributed by atoms with van der Waals surface area (Å²) in [6.45, 7) is 0. The summed E-state index contributed by atoms with van der Waals surface area (Å²) in [6, 6.07) is 11.2. The Morgan fingerprint density at radius 3 is 2.42 bits per heavy atom. The number of alkyl halides is 2. The molecule has 0 aliphatic rings. The molecule has 0 aliphatic carbocycles. The van der Waals surface area contributed by atoms with Crippen LogP contribution in [0.1, 0.15) is 0 Å². The second-order valence-corrected chi connectivity index (χ2v) is 10.8. The molecule has 0 spiro atoms. The Labute approximate surface area is 137 Å². The molecule has 2 rings (SSSR count). The Bertz CT molecular complexity index is 543. The number of carbonyl (C=O) groups is 1. The van der Waals surface area contributed by atoms with Gasteiger partial charge in [0.1, 0.15) is 0 Å². The van der Waals surface area contributed by atoms with Crippen LogP contribution in [0.2, 0.25) is 5.02 Å². The van der Waals surface area contributed by atoms with Crippen molar-refractivity contribution in [3.05, 3.63) is 53.3 Å². The molecule has 0 atom stereocenters. The summed E-state index contributed by atoms with van der Waals surface area (Å²) in [6.07, 6.45) is 0. The van der Waals surface area contributed by atoms with Gasteiger partial charge in [0.05, 0.1) is 0 Å². The van der Waals surface area contributed by atoms with Crippen LogP contribution in [0.25, 0.3) is 0 Å². The highest BCUT2D eigenvalue weighted by molar-refractivity contribution is 7.07. The minimum absolute atomic E-state index is 0.600. The summed E-state index contributed by atoms with van der Waals surface area (Å²) in [5.41, 5.74) is 0. The van der Waals surface area contributed by atoms with E-state index in [1.165, 1.54) is 0 Å². The van der Waals surface area contributed by atoms with Crippen molar-refractivity contribution in [2.75, 3.05) is 0 Å². The zero-order chi connectivity index (χ0) is 13.8. The van der Waals surface area contributed by atoms with Crippen LogP contribution in [0, 0.1) is 6.45 Å². The molecule has 1 aromatic carbocycles. The summed E-state index contributed by atoms with van der Waals surface area (Å²) < 4.78 is 7.52. The summed E-state index contributed by atoms with van der Waals surface area (Å²) in [5.74, 6) is -0.600. The molecular weight excluding hydrogens is 441 g/mol. The second-order valence-electron chi connectivity index (χ2n) is 3.30. The molecule has 0 saturated heterocycles. The van der Waals surface area contributed by atoms with Crippen LogP contribution in [0.5, 0.6) is 0 Å². The Hall–Kier alpha value is -0.0100. The minimum Gasteiger partial charge on any atom is -0.244 e. The second kappa shape index (κ2) is 7.13. The molecule has 2 nitrogen and oxygen atoms in total. The highest BCUT2D eigenvalue weighted by atomic mass is 127. The van der Waals surface area contributed by atoms with Crippen LogP contribution in [0.3, 0.4) is 0 Å². The zero-order valence-electron chi connectivity index (χ0n) is 9.36.